The first kappa shape index (κ1) is 23.9. The van der Waals surface area contributed by atoms with E-state index in [1.165, 1.54) is 0 Å². The molecule has 6 rings (SSSR count). The molecule has 3 aromatic heterocycles. The lowest BCUT2D eigenvalue weighted by molar-refractivity contribution is -0.129. The van der Waals surface area contributed by atoms with E-state index >= 15 is 0 Å². The summed E-state index contributed by atoms with van der Waals surface area (Å²) in [5.74, 6) is 0.754. The van der Waals surface area contributed by atoms with Crippen molar-refractivity contribution in [2.45, 2.75) is 25.9 Å². The fourth-order valence-electron chi connectivity index (χ4n) is 5.40. The SMILES string of the molecule is CC(C)(C(N)=O)N1CCN(Cc2cc3nc(-c4cccc5[nH]ccc45)cc(N4CCOCC4)n3n2)CC1. The molecule has 2 fully saturated rings. The third-order valence-electron chi connectivity index (χ3n) is 7.82. The van der Waals surface area contributed by atoms with Crippen LogP contribution in [-0.2, 0) is 16.1 Å². The Labute approximate surface area is 216 Å². The second kappa shape index (κ2) is 9.44. The number of H-pyrrole nitrogens is 1. The van der Waals surface area contributed by atoms with Crippen molar-refractivity contribution in [1.29, 1.82) is 0 Å². The Morgan fingerprint density at radius 1 is 1.08 bits per heavy atom. The van der Waals surface area contributed by atoms with Gasteiger partial charge in [-0.25, -0.2) is 4.98 Å². The molecule has 10 heteroatoms. The number of benzene rings is 1. The van der Waals surface area contributed by atoms with Crippen LogP contribution in [0.2, 0.25) is 0 Å². The lowest BCUT2D eigenvalue weighted by atomic mass is 10.0. The van der Waals surface area contributed by atoms with E-state index in [1.807, 2.05) is 24.6 Å². The second-order valence-corrected chi connectivity index (χ2v) is 10.4. The van der Waals surface area contributed by atoms with Gasteiger partial charge in [-0.15, -0.1) is 0 Å². The fraction of sp³-hybridized carbons (Fsp3) is 0.444. The van der Waals surface area contributed by atoms with Crippen molar-refractivity contribution < 1.29 is 9.53 Å². The predicted octanol–water partition coefficient (Wildman–Crippen LogP) is 2.10. The van der Waals surface area contributed by atoms with E-state index in [9.17, 15) is 4.79 Å². The molecule has 0 spiro atoms. The molecule has 1 amide bonds. The number of aromatic nitrogens is 4. The molecule has 0 bridgehead atoms. The molecule has 0 saturated carbocycles. The lowest BCUT2D eigenvalue weighted by Gasteiger charge is -2.42. The van der Waals surface area contributed by atoms with Crippen molar-refractivity contribution in [3.63, 3.8) is 0 Å². The van der Waals surface area contributed by atoms with Gasteiger partial charge in [0.05, 0.1) is 30.1 Å². The van der Waals surface area contributed by atoms with Gasteiger partial charge in [0.15, 0.2) is 5.65 Å². The first-order chi connectivity index (χ1) is 17.9. The summed E-state index contributed by atoms with van der Waals surface area (Å²) >= 11 is 0. The third kappa shape index (κ3) is 4.45. The van der Waals surface area contributed by atoms with E-state index in [1.54, 1.807) is 0 Å². The van der Waals surface area contributed by atoms with Crippen molar-refractivity contribution in [2.75, 3.05) is 57.4 Å². The van der Waals surface area contributed by atoms with Crippen LogP contribution < -0.4 is 10.6 Å². The van der Waals surface area contributed by atoms with Gasteiger partial charge >= 0.3 is 0 Å². The summed E-state index contributed by atoms with van der Waals surface area (Å²) in [5.41, 5.74) is 9.96. The molecule has 2 aliphatic heterocycles. The van der Waals surface area contributed by atoms with Gasteiger partial charge in [-0.05, 0) is 26.0 Å². The summed E-state index contributed by atoms with van der Waals surface area (Å²) in [6.07, 6.45) is 1.97. The molecular weight excluding hydrogens is 468 g/mol. The Hall–Kier alpha value is -3.47. The summed E-state index contributed by atoms with van der Waals surface area (Å²) in [6, 6.07) is 12.6. The summed E-state index contributed by atoms with van der Waals surface area (Å²) in [6.45, 7) is 10.9. The van der Waals surface area contributed by atoms with Gasteiger partial charge in [0, 0.05) is 80.6 Å². The summed E-state index contributed by atoms with van der Waals surface area (Å²) in [5, 5.41) is 6.16. The van der Waals surface area contributed by atoms with Gasteiger partial charge in [-0.1, -0.05) is 12.1 Å². The second-order valence-electron chi connectivity index (χ2n) is 10.4. The number of piperazine rings is 1. The maximum atomic E-state index is 11.9. The molecule has 0 aliphatic carbocycles. The minimum Gasteiger partial charge on any atom is -0.378 e. The van der Waals surface area contributed by atoms with Gasteiger partial charge in [0.1, 0.15) is 5.82 Å². The highest BCUT2D eigenvalue weighted by Crippen LogP contribution is 2.31. The number of hydrogen-bond donors (Lipinski definition) is 2. The fourth-order valence-corrected chi connectivity index (χ4v) is 5.40. The minimum absolute atomic E-state index is 0.283. The number of morpholine rings is 1. The minimum atomic E-state index is -0.634. The van der Waals surface area contributed by atoms with E-state index < -0.39 is 5.54 Å². The zero-order chi connectivity index (χ0) is 25.6. The lowest BCUT2D eigenvalue weighted by Crippen LogP contribution is -2.59. The number of rotatable bonds is 6. The Morgan fingerprint density at radius 2 is 1.86 bits per heavy atom. The van der Waals surface area contributed by atoms with Gasteiger partial charge < -0.3 is 20.4 Å². The molecule has 2 saturated heterocycles. The number of hydrogen-bond acceptors (Lipinski definition) is 7. The first-order valence-corrected chi connectivity index (χ1v) is 13.0. The van der Waals surface area contributed by atoms with E-state index in [2.05, 4.69) is 56.1 Å². The van der Waals surface area contributed by atoms with Crippen molar-refractivity contribution in [3.05, 3.63) is 48.3 Å². The van der Waals surface area contributed by atoms with Crippen LogP contribution in [0.5, 0.6) is 0 Å². The molecule has 194 valence electrons. The molecule has 0 radical (unpaired) electrons. The number of anilines is 1. The van der Waals surface area contributed by atoms with Crippen LogP contribution in [0.1, 0.15) is 19.5 Å². The number of ether oxygens (including phenoxy) is 1. The smallest absolute Gasteiger partial charge is 0.237 e. The predicted molar refractivity (Wildman–Crippen MR) is 143 cm³/mol. The van der Waals surface area contributed by atoms with Crippen LogP contribution in [-0.4, -0.2) is 93.3 Å². The van der Waals surface area contributed by atoms with Gasteiger partial charge in [0.2, 0.25) is 5.91 Å². The maximum Gasteiger partial charge on any atom is 0.237 e. The highest BCUT2D eigenvalue weighted by molar-refractivity contribution is 5.94. The highest BCUT2D eigenvalue weighted by atomic mass is 16.5. The van der Waals surface area contributed by atoms with Crippen molar-refractivity contribution in [3.8, 4) is 11.3 Å². The number of aromatic amines is 1. The van der Waals surface area contributed by atoms with E-state index in [4.69, 9.17) is 20.6 Å². The largest absolute Gasteiger partial charge is 0.378 e. The topological polar surface area (TPSA) is 108 Å². The molecule has 0 unspecified atom stereocenters. The number of nitrogens with zero attached hydrogens (tertiary/aromatic N) is 6. The number of primary amides is 1. The van der Waals surface area contributed by atoms with Crippen LogP contribution in [0.15, 0.2) is 42.6 Å². The van der Waals surface area contributed by atoms with Crippen LogP contribution in [0.3, 0.4) is 0 Å². The zero-order valence-electron chi connectivity index (χ0n) is 21.5. The van der Waals surface area contributed by atoms with E-state index in [0.29, 0.717) is 13.2 Å². The van der Waals surface area contributed by atoms with Crippen LogP contribution in [0.4, 0.5) is 5.82 Å². The number of nitrogens with one attached hydrogen (secondary N) is 1. The van der Waals surface area contributed by atoms with Gasteiger partial charge in [-0.3, -0.25) is 14.6 Å². The zero-order valence-corrected chi connectivity index (χ0v) is 21.5. The molecular formula is C27H34N8O2. The van der Waals surface area contributed by atoms with Crippen molar-refractivity contribution in [1.82, 2.24) is 29.4 Å². The Bertz CT molecular complexity index is 1430. The monoisotopic (exact) mass is 502 g/mol. The molecule has 5 heterocycles. The van der Waals surface area contributed by atoms with Crippen LogP contribution in [0.25, 0.3) is 27.8 Å². The number of fused-ring (bicyclic) bond motifs is 2. The standard InChI is InChI=1S/C27H34N8O2/c1-27(2,26(28)36)34-10-8-32(9-11-34)18-19-16-24-30-23(20-4-3-5-22-21(20)6-7-29-22)17-25(35(24)31-19)33-12-14-37-15-13-33/h3-7,16-17,29H,8-15,18H2,1-2H3,(H2,28,36). The maximum absolute atomic E-state index is 11.9. The van der Waals surface area contributed by atoms with E-state index in [0.717, 1.165) is 85.1 Å². The number of carbonyl (C=O) groups excluding carboxylic acids is 1. The quantitative estimate of drug-likeness (QED) is 0.416. The van der Waals surface area contributed by atoms with Gasteiger partial charge in [-0.2, -0.15) is 9.61 Å². The molecule has 0 atom stereocenters. The average molecular weight is 503 g/mol. The Kier molecular flexibility index (Phi) is 6.10. The van der Waals surface area contributed by atoms with Crippen LogP contribution >= 0.6 is 0 Å². The van der Waals surface area contributed by atoms with Crippen LogP contribution in [0, 0.1) is 0 Å². The molecule has 3 N–H and O–H groups in total. The number of carbonyl (C=O) groups is 1. The summed E-state index contributed by atoms with van der Waals surface area (Å²) in [7, 11) is 0. The third-order valence-corrected chi connectivity index (χ3v) is 7.82. The van der Waals surface area contributed by atoms with Gasteiger partial charge in [0.25, 0.3) is 0 Å². The highest BCUT2D eigenvalue weighted by Gasteiger charge is 2.34. The number of nitrogens with two attached hydrogens (primary N) is 1. The summed E-state index contributed by atoms with van der Waals surface area (Å²) < 4.78 is 7.60. The normalized spacial score (nSPS) is 18.2. The summed E-state index contributed by atoms with van der Waals surface area (Å²) in [4.78, 5) is 27.1. The average Bonchev–Trinajstić information content (AvgIpc) is 3.55. The Morgan fingerprint density at radius 3 is 2.62 bits per heavy atom. The molecule has 37 heavy (non-hydrogen) atoms. The molecule has 2 aliphatic rings. The first-order valence-electron chi connectivity index (χ1n) is 13.0. The van der Waals surface area contributed by atoms with Crippen molar-refractivity contribution in [2.24, 2.45) is 5.73 Å². The molecule has 4 aromatic rings. The molecule has 1 aromatic carbocycles. The Balaban J connectivity index is 1.31. The molecule has 10 nitrogen and oxygen atoms in total. The van der Waals surface area contributed by atoms with E-state index in [-0.39, 0.29) is 5.91 Å². The number of amides is 1. The van der Waals surface area contributed by atoms with Crippen molar-refractivity contribution >= 4 is 28.3 Å².